The molecule has 1 N–H and O–H groups in total. The van der Waals surface area contributed by atoms with E-state index in [-0.39, 0.29) is 0 Å². The Bertz CT molecular complexity index is 347. The fraction of sp³-hybridized carbons (Fsp3) is 0.769. The molecule has 4 nitrogen and oxygen atoms in total. The molecule has 1 aliphatic heterocycles. The van der Waals surface area contributed by atoms with E-state index in [0.717, 1.165) is 19.6 Å². The van der Waals surface area contributed by atoms with Gasteiger partial charge < -0.3 is 9.88 Å². The topological polar surface area (TPSA) is 33.1 Å². The summed E-state index contributed by atoms with van der Waals surface area (Å²) in [5.74, 6) is 1.17. The molecule has 2 heterocycles. The summed E-state index contributed by atoms with van der Waals surface area (Å²) in [5.41, 5.74) is 0. The van der Waals surface area contributed by atoms with Gasteiger partial charge in [0.1, 0.15) is 5.82 Å². The molecular weight excluding hydrogens is 212 g/mol. The third-order valence-electron chi connectivity index (χ3n) is 3.84. The van der Waals surface area contributed by atoms with E-state index >= 15 is 0 Å². The third-order valence-corrected chi connectivity index (χ3v) is 3.84. The van der Waals surface area contributed by atoms with Gasteiger partial charge in [0.05, 0.1) is 6.54 Å². The van der Waals surface area contributed by atoms with Crippen molar-refractivity contribution in [3.63, 3.8) is 0 Å². The normalized spacial score (nSPS) is 26.3. The Balaban J connectivity index is 2.03. The quantitative estimate of drug-likeness (QED) is 0.857. The van der Waals surface area contributed by atoms with Gasteiger partial charge in [-0.15, -0.1) is 0 Å². The lowest BCUT2D eigenvalue weighted by molar-refractivity contribution is 0.113. The van der Waals surface area contributed by atoms with Crippen molar-refractivity contribution in [2.24, 2.45) is 7.05 Å². The maximum Gasteiger partial charge on any atom is 0.122 e. The standard InChI is InChI=1S/C13H24N4/c1-4-11-9-17(12(5-2)8-15-11)10-13-14-6-7-16(13)3/h6-7,11-12,15H,4-5,8-10H2,1-3H3. The van der Waals surface area contributed by atoms with E-state index in [0.29, 0.717) is 12.1 Å². The van der Waals surface area contributed by atoms with Gasteiger partial charge in [-0.2, -0.15) is 0 Å². The van der Waals surface area contributed by atoms with Crippen LogP contribution in [0.1, 0.15) is 32.5 Å². The minimum absolute atomic E-state index is 0.637. The molecule has 1 aliphatic rings. The number of piperazine rings is 1. The van der Waals surface area contributed by atoms with Gasteiger partial charge in [-0.05, 0) is 12.8 Å². The molecule has 2 unspecified atom stereocenters. The summed E-state index contributed by atoms with van der Waals surface area (Å²) in [7, 11) is 2.07. The smallest absolute Gasteiger partial charge is 0.122 e. The second-order valence-corrected chi connectivity index (χ2v) is 4.96. The molecule has 0 bridgehead atoms. The van der Waals surface area contributed by atoms with Gasteiger partial charge in [0, 0.05) is 44.6 Å². The fourth-order valence-corrected chi connectivity index (χ4v) is 2.53. The predicted molar refractivity (Wildman–Crippen MR) is 69.8 cm³/mol. The first kappa shape index (κ1) is 12.6. The Hall–Kier alpha value is -0.870. The molecule has 2 atom stereocenters. The van der Waals surface area contributed by atoms with Crippen LogP contribution in [-0.4, -0.2) is 39.6 Å². The van der Waals surface area contributed by atoms with Gasteiger partial charge >= 0.3 is 0 Å². The van der Waals surface area contributed by atoms with Crippen molar-refractivity contribution >= 4 is 0 Å². The van der Waals surface area contributed by atoms with Crippen molar-refractivity contribution in [3.8, 4) is 0 Å². The van der Waals surface area contributed by atoms with Crippen LogP contribution >= 0.6 is 0 Å². The summed E-state index contributed by atoms with van der Waals surface area (Å²) in [6, 6.07) is 1.28. The predicted octanol–water partition coefficient (Wildman–Crippen LogP) is 1.38. The maximum atomic E-state index is 4.43. The van der Waals surface area contributed by atoms with Crippen molar-refractivity contribution in [1.29, 1.82) is 0 Å². The highest BCUT2D eigenvalue weighted by molar-refractivity contribution is 4.94. The van der Waals surface area contributed by atoms with Crippen LogP contribution in [0.25, 0.3) is 0 Å². The molecule has 1 aromatic rings. The zero-order chi connectivity index (χ0) is 12.3. The van der Waals surface area contributed by atoms with Crippen molar-refractivity contribution < 1.29 is 0 Å². The highest BCUT2D eigenvalue weighted by atomic mass is 15.3. The molecule has 1 aromatic heterocycles. The maximum absolute atomic E-state index is 4.43. The number of rotatable bonds is 4. The summed E-state index contributed by atoms with van der Waals surface area (Å²) < 4.78 is 2.12. The summed E-state index contributed by atoms with van der Waals surface area (Å²) in [6.07, 6.45) is 6.31. The summed E-state index contributed by atoms with van der Waals surface area (Å²) in [6.45, 7) is 7.74. The van der Waals surface area contributed by atoms with Crippen LogP contribution in [-0.2, 0) is 13.6 Å². The van der Waals surface area contributed by atoms with E-state index in [2.05, 4.69) is 40.7 Å². The van der Waals surface area contributed by atoms with E-state index < -0.39 is 0 Å². The molecular formula is C13H24N4. The molecule has 1 saturated heterocycles. The Labute approximate surface area is 104 Å². The molecule has 96 valence electrons. The van der Waals surface area contributed by atoms with E-state index in [1.807, 2.05) is 12.4 Å². The second kappa shape index (κ2) is 5.65. The monoisotopic (exact) mass is 236 g/mol. The van der Waals surface area contributed by atoms with Gasteiger partial charge in [-0.3, -0.25) is 4.90 Å². The molecule has 4 heteroatoms. The molecule has 0 radical (unpaired) electrons. The van der Waals surface area contributed by atoms with Crippen molar-refractivity contribution in [3.05, 3.63) is 18.2 Å². The number of nitrogens with one attached hydrogen (secondary N) is 1. The molecule has 1 fully saturated rings. The first-order chi connectivity index (χ1) is 8.24. The van der Waals surface area contributed by atoms with Crippen LogP contribution in [0, 0.1) is 0 Å². The number of hydrogen-bond donors (Lipinski definition) is 1. The van der Waals surface area contributed by atoms with Crippen molar-refractivity contribution in [2.75, 3.05) is 13.1 Å². The molecule has 0 aromatic carbocycles. The van der Waals surface area contributed by atoms with Gasteiger partial charge in [0.2, 0.25) is 0 Å². The van der Waals surface area contributed by atoms with Gasteiger partial charge in [0.15, 0.2) is 0 Å². The lowest BCUT2D eigenvalue weighted by atomic mass is 10.1. The van der Waals surface area contributed by atoms with E-state index in [9.17, 15) is 0 Å². The Morgan fingerprint density at radius 3 is 2.82 bits per heavy atom. The minimum Gasteiger partial charge on any atom is -0.337 e. The SMILES string of the molecule is CCC1CN(Cc2nccn2C)C(CC)CN1. The van der Waals surface area contributed by atoms with Gasteiger partial charge in [-0.1, -0.05) is 13.8 Å². The number of aryl methyl sites for hydroxylation is 1. The molecule has 0 aliphatic carbocycles. The van der Waals surface area contributed by atoms with Crippen molar-refractivity contribution in [2.45, 2.75) is 45.3 Å². The van der Waals surface area contributed by atoms with Crippen LogP contribution in [0.3, 0.4) is 0 Å². The first-order valence-electron chi connectivity index (χ1n) is 6.68. The fourth-order valence-electron chi connectivity index (χ4n) is 2.53. The van der Waals surface area contributed by atoms with E-state index in [1.54, 1.807) is 0 Å². The van der Waals surface area contributed by atoms with E-state index in [4.69, 9.17) is 0 Å². The van der Waals surface area contributed by atoms with Crippen LogP contribution in [0.2, 0.25) is 0 Å². The average molecular weight is 236 g/mol. The first-order valence-corrected chi connectivity index (χ1v) is 6.68. The highest BCUT2D eigenvalue weighted by Crippen LogP contribution is 2.14. The Morgan fingerprint density at radius 2 is 2.24 bits per heavy atom. The van der Waals surface area contributed by atoms with Crippen LogP contribution in [0.15, 0.2) is 12.4 Å². The largest absolute Gasteiger partial charge is 0.337 e. The van der Waals surface area contributed by atoms with Gasteiger partial charge in [0.25, 0.3) is 0 Å². The molecule has 17 heavy (non-hydrogen) atoms. The molecule has 0 spiro atoms. The Kier molecular flexibility index (Phi) is 4.18. The third kappa shape index (κ3) is 2.87. The number of nitrogens with zero attached hydrogens (tertiary/aromatic N) is 3. The lowest BCUT2D eigenvalue weighted by Gasteiger charge is -2.39. The molecule has 2 rings (SSSR count). The zero-order valence-corrected chi connectivity index (χ0v) is 11.2. The molecule has 0 amide bonds. The van der Waals surface area contributed by atoms with E-state index in [1.165, 1.54) is 18.7 Å². The lowest BCUT2D eigenvalue weighted by Crippen LogP contribution is -2.55. The Morgan fingerprint density at radius 1 is 1.41 bits per heavy atom. The van der Waals surface area contributed by atoms with Crippen molar-refractivity contribution in [1.82, 2.24) is 19.8 Å². The number of hydrogen-bond acceptors (Lipinski definition) is 3. The van der Waals surface area contributed by atoms with Crippen LogP contribution in [0.4, 0.5) is 0 Å². The minimum atomic E-state index is 0.637. The van der Waals surface area contributed by atoms with Crippen LogP contribution < -0.4 is 5.32 Å². The number of aromatic nitrogens is 2. The average Bonchev–Trinajstić information content (AvgIpc) is 2.75. The summed E-state index contributed by atoms with van der Waals surface area (Å²) in [4.78, 5) is 7.01. The summed E-state index contributed by atoms with van der Waals surface area (Å²) >= 11 is 0. The second-order valence-electron chi connectivity index (χ2n) is 4.96. The molecule has 0 saturated carbocycles. The highest BCUT2D eigenvalue weighted by Gasteiger charge is 2.26. The number of imidazole rings is 1. The summed E-state index contributed by atoms with van der Waals surface area (Å²) in [5, 5.41) is 3.63. The zero-order valence-electron chi connectivity index (χ0n) is 11.2. The van der Waals surface area contributed by atoms with Crippen LogP contribution in [0.5, 0.6) is 0 Å². The van der Waals surface area contributed by atoms with Gasteiger partial charge in [-0.25, -0.2) is 4.98 Å².